The summed E-state index contributed by atoms with van der Waals surface area (Å²) in [7, 11) is 0. The largest absolute Gasteiger partial charge is 0.489 e. The summed E-state index contributed by atoms with van der Waals surface area (Å²) in [5.74, 6) is 0.165. The molecule has 2 aromatic rings. The van der Waals surface area contributed by atoms with Crippen molar-refractivity contribution in [1.82, 2.24) is 0 Å². The van der Waals surface area contributed by atoms with Crippen molar-refractivity contribution in [2.24, 2.45) is 5.73 Å². The molecular formula is C16H14ClFN2O. The summed E-state index contributed by atoms with van der Waals surface area (Å²) < 4.78 is 18.9. The highest BCUT2D eigenvalue weighted by atomic mass is 35.5. The summed E-state index contributed by atoms with van der Waals surface area (Å²) in [5, 5.41) is 9.59. The third-order valence-corrected chi connectivity index (χ3v) is 3.27. The van der Waals surface area contributed by atoms with Gasteiger partial charge in [0.15, 0.2) is 0 Å². The minimum Gasteiger partial charge on any atom is -0.489 e. The van der Waals surface area contributed by atoms with Crippen molar-refractivity contribution < 1.29 is 9.13 Å². The molecule has 0 saturated heterocycles. The second-order valence-corrected chi connectivity index (χ2v) is 5.11. The van der Waals surface area contributed by atoms with E-state index in [0.717, 1.165) is 5.56 Å². The number of rotatable bonds is 4. The molecule has 3 nitrogen and oxygen atoms in total. The van der Waals surface area contributed by atoms with Gasteiger partial charge in [-0.2, -0.15) is 5.26 Å². The van der Waals surface area contributed by atoms with Gasteiger partial charge in [0, 0.05) is 22.2 Å². The Balaban J connectivity index is 2.25. The van der Waals surface area contributed by atoms with Crippen molar-refractivity contribution in [1.29, 1.82) is 5.26 Å². The molecule has 0 heterocycles. The smallest absolute Gasteiger partial charge is 0.124 e. The maximum Gasteiger partial charge on any atom is 0.124 e. The van der Waals surface area contributed by atoms with Crippen LogP contribution in [-0.2, 0) is 6.61 Å². The second kappa shape index (κ2) is 6.57. The predicted octanol–water partition coefficient (Wildman–Crippen LogP) is 3.95. The van der Waals surface area contributed by atoms with E-state index in [1.54, 1.807) is 18.2 Å². The van der Waals surface area contributed by atoms with E-state index in [2.05, 4.69) is 0 Å². The van der Waals surface area contributed by atoms with Crippen LogP contribution in [0.5, 0.6) is 5.75 Å². The van der Waals surface area contributed by atoms with Crippen LogP contribution < -0.4 is 10.5 Å². The third-order valence-electron chi connectivity index (χ3n) is 3.03. The summed E-state index contributed by atoms with van der Waals surface area (Å²) in [5.41, 5.74) is 7.51. The standard InChI is InChI=1S/C16H14ClFN2O/c1-10(20)15-7-13(17)3-5-16(15)21-9-12-6-14(18)4-2-11(12)8-19/h2-7,10H,9,20H2,1H3/t10-/m1/s1. The topological polar surface area (TPSA) is 59.0 Å². The number of hydrogen-bond donors (Lipinski definition) is 1. The Morgan fingerprint density at radius 1 is 1.33 bits per heavy atom. The van der Waals surface area contributed by atoms with Crippen LogP contribution >= 0.6 is 11.6 Å². The molecule has 0 radical (unpaired) electrons. The van der Waals surface area contributed by atoms with E-state index < -0.39 is 5.82 Å². The number of hydrogen-bond acceptors (Lipinski definition) is 3. The Morgan fingerprint density at radius 2 is 2.10 bits per heavy atom. The summed E-state index contributed by atoms with van der Waals surface area (Å²) in [4.78, 5) is 0. The van der Waals surface area contributed by atoms with E-state index in [1.807, 2.05) is 13.0 Å². The molecule has 0 unspecified atom stereocenters. The lowest BCUT2D eigenvalue weighted by atomic mass is 10.1. The van der Waals surface area contributed by atoms with Gasteiger partial charge in [0.2, 0.25) is 0 Å². The molecule has 2 aromatic carbocycles. The quantitative estimate of drug-likeness (QED) is 0.930. The van der Waals surface area contributed by atoms with Crippen LogP contribution in [0.2, 0.25) is 5.02 Å². The van der Waals surface area contributed by atoms with E-state index in [4.69, 9.17) is 27.3 Å². The SMILES string of the molecule is C[C@@H](N)c1cc(Cl)ccc1OCc1cc(F)ccc1C#N. The number of ether oxygens (including phenoxy) is 1. The van der Waals surface area contributed by atoms with E-state index in [0.29, 0.717) is 21.9 Å². The van der Waals surface area contributed by atoms with Gasteiger partial charge in [0.25, 0.3) is 0 Å². The fraction of sp³-hybridized carbons (Fsp3) is 0.188. The Bertz CT molecular complexity index is 695. The number of nitrogens with two attached hydrogens (primary N) is 1. The molecule has 0 aromatic heterocycles. The molecule has 5 heteroatoms. The molecule has 2 N–H and O–H groups in total. The number of halogens is 2. The van der Waals surface area contributed by atoms with Gasteiger partial charge in [0.1, 0.15) is 18.2 Å². The first kappa shape index (κ1) is 15.3. The van der Waals surface area contributed by atoms with Crippen molar-refractivity contribution >= 4 is 11.6 Å². The van der Waals surface area contributed by atoms with Gasteiger partial charge in [-0.1, -0.05) is 11.6 Å². The molecule has 0 bridgehead atoms. The average molecular weight is 305 g/mol. The van der Waals surface area contributed by atoms with Crippen LogP contribution in [0.3, 0.4) is 0 Å². The highest BCUT2D eigenvalue weighted by molar-refractivity contribution is 6.30. The highest BCUT2D eigenvalue weighted by Gasteiger charge is 2.11. The molecule has 21 heavy (non-hydrogen) atoms. The molecule has 0 aliphatic heterocycles. The fourth-order valence-corrected chi connectivity index (χ4v) is 2.13. The van der Waals surface area contributed by atoms with Crippen LogP contribution in [-0.4, -0.2) is 0 Å². The van der Waals surface area contributed by atoms with Gasteiger partial charge in [-0.3, -0.25) is 0 Å². The Hall–Kier alpha value is -2.09. The summed E-state index contributed by atoms with van der Waals surface area (Å²) in [6.07, 6.45) is 0. The molecule has 0 spiro atoms. The summed E-state index contributed by atoms with van der Waals surface area (Å²) in [6, 6.07) is 10.9. The van der Waals surface area contributed by atoms with Gasteiger partial charge in [-0.15, -0.1) is 0 Å². The van der Waals surface area contributed by atoms with Crippen molar-refractivity contribution in [3.8, 4) is 11.8 Å². The Morgan fingerprint density at radius 3 is 2.76 bits per heavy atom. The zero-order chi connectivity index (χ0) is 15.4. The Kier molecular flexibility index (Phi) is 4.79. The molecular weight excluding hydrogens is 291 g/mol. The third kappa shape index (κ3) is 3.72. The zero-order valence-electron chi connectivity index (χ0n) is 11.4. The number of nitrogens with zero attached hydrogens (tertiary/aromatic N) is 1. The minimum atomic E-state index is -0.406. The lowest BCUT2D eigenvalue weighted by molar-refractivity contribution is 0.300. The molecule has 0 aliphatic rings. The first-order chi connectivity index (χ1) is 10.0. The van der Waals surface area contributed by atoms with E-state index in [9.17, 15) is 4.39 Å². The Labute approximate surface area is 127 Å². The first-order valence-corrected chi connectivity index (χ1v) is 6.75. The average Bonchev–Trinajstić information content (AvgIpc) is 2.46. The molecule has 0 fully saturated rings. The van der Waals surface area contributed by atoms with E-state index >= 15 is 0 Å². The summed E-state index contributed by atoms with van der Waals surface area (Å²) in [6.45, 7) is 1.91. The molecule has 0 saturated carbocycles. The second-order valence-electron chi connectivity index (χ2n) is 4.67. The fourth-order valence-electron chi connectivity index (χ4n) is 1.95. The summed E-state index contributed by atoms with van der Waals surface area (Å²) >= 11 is 5.94. The maximum atomic E-state index is 13.3. The normalized spacial score (nSPS) is 11.8. The molecule has 0 amide bonds. The number of benzene rings is 2. The van der Waals surface area contributed by atoms with Gasteiger partial charge in [-0.25, -0.2) is 4.39 Å². The minimum absolute atomic E-state index is 0.0853. The van der Waals surface area contributed by atoms with Crippen molar-refractivity contribution in [3.63, 3.8) is 0 Å². The van der Waals surface area contributed by atoms with Crippen LogP contribution in [0.1, 0.15) is 29.7 Å². The van der Waals surface area contributed by atoms with Gasteiger partial charge >= 0.3 is 0 Å². The van der Waals surface area contributed by atoms with Crippen molar-refractivity contribution in [3.05, 3.63) is 63.9 Å². The first-order valence-electron chi connectivity index (χ1n) is 6.37. The predicted molar refractivity (Wildman–Crippen MR) is 79.5 cm³/mol. The monoisotopic (exact) mass is 304 g/mol. The molecule has 108 valence electrons. The van der Waals surface area contributed by atoms with Gasteiger partial charge in [0.05, 0.1) is 11.6 Å². The van der Waals surface area contributed by atoms with Gasteiger partial charge in [-0.05, 0) is 43.3 Å². The van der Waals surface area contributed by atoms with E-state index in [1.165, 1.54) is 18.2 Å². The van der Waals surface area contributed by atoms with Crippen molar-refractivity contribution in [2.75, 3.05) is 0 Å². The lowest BCUT2D eigenvalue weighted by Crippen LogP contribution is -2.08. The van der Waals surface area contributed by atoms with Crippen LogP contribution in [0.4, 0.5) is 4.39 Å². The number of nitriles is 1. The van der Waals surface area contributed by atoms with Crippen LogP contribution in [0, 0.1) is 17.1 Å². The van der Waals surface area contributed by atoms with Crippen LogP contribution in [0.15, 0.2) is 36.4 Å². The lowest BCUT2D eigenvalue weighted by Gasteiger charge is -2.15. The highest BCUT2D eigenvalue weighted by Crippen LogP contribution is 2.28. The zero-order valence-corrected chi connectivity index (χ0v) is 12.2. The van der Waals surface area contributed by atoms with E-state index in [-0.39, 0.29) is 12.6 Å². The van der Waals surface area contributed by atoms with Gasteiger partial charge < -0.3 is 10.5 Å². The van der Waals surface area contributed by atoms with Crippen LogP contribution in [0.25, 0.3) is 0 Å². The van der Waals surface area contributed by atoms with Crippen molar-refractivity contribution in [2.45, 2.75) is 19.6 Å². The molecule has 1 atom stereocenters. The molecule has 0 aliphatic carbocycles. The molecule has 2 rings (SSSR count). The maximum absolute atomic E-state index is 13.3.